The Morgan fingerprint density at radius 3 is 2.54 bits per heavy atom. The molecule has 0 saturated carbocycles. The van der Waals surface area contributed by atoms with Crippen molar-refractivity contribution in [2.45, 2.75) is 11.8 Å². The lowest BCUT2D eigenvalue weighted by atomic mass is 10.1. The van der Waals surface area contributed by atoms with Gasteiger partial charge in [0.1, 0.15) is 5.37 Å². The molecule has 6 heteroatoms. The molecule has 4 rings (SSSR count). The van der Waals surface area contributed by atoms with E-state index in [-0.39, 0.29) is 11.3 Å². The van der Waals surface area contributed by atoms with Crippen molar-refractivity contribution in [3.05, 3.63) is 72.4 Å². The summed E-state index contributed by atoms with van der Waals surface area (Å²) >= 11 is 1.67. The molecule has 1 amide bonds. The molecular formula is C22H23N3O2S. The maximum atomic E-state index is 12.5. The summed E-state index contributed by atoms with van der Waals surface area (Å²) in [5.41, 5.74) is 4.06. The SMILES string of the molecule is COCCCN1C(=O)CSC1c1cn(-c2ccccc2)nc1-c1ccccc1. The van der Waals surface area contributed by atoms with Crippen molar-refractivity contribution in [3.8, 4) is 16.9 Å². The predicted molar refractivity (Wildman–Crippen MR) is 112 cm³/mol. The standard InChI is InChI=1S/C22H23N3O2S/c1-27-14-8-13-24-20(26)16-28-22(24)19-15-25(18-11-6-3-7-12-18)23-21(19)17-9-4-2-5-10-17/h2-7,9-12,15,22H,8,13-14,16H2,1H3. The van der Waals surface area contributed by atoms with Crippen LogP contribution in [0.25, 0.3) is 16.9 Å². The molecule has 2 aromatic carbocycles. The maximum absolute atomic E-state index is 12.5. The normalized spacial score (nSPS) is 16.7. The molecule has 0 aliphatic carbocycles. The highest BCUT2D eigenvalue weighted by Crippen LogP contribution is 2.42. The maximum Gasteiger partial charge on any atom is 0.233 e. The zero-order chi connectivity index (χ0) is 19.3. The minimum absolute atomic E-state index is 0.0305. The Labute approximate surface area is 169 Å². The van der Waals surface area contributed by atoms with Gasteiger partial charge in [0.05, 0.1) is 17.1 Å². The molecule has 28 heavy (non-hydrogen) atoms. The fourth-order valence-electron chi connectivity index (χ4n) is 3.43. The Balaban J connectivity index is 1.74. The number of carbonyl (C=O) groups excluding carboxylic acids is 1. The highest BCUT2D eigenvalue weighted by molar-refractivity contribution is 8.00. The zero-order valence-electron chi connectivity index (χ0n) is 15.8. The van der Waals surface area contributed by atoms with Gasteiger partial charge < -0.3 is 9.64 Å². The van der Waals surface area contributed by atoms with E-state index in [1.54, 1.807) is 18.9 Å². The third-order valence-electron chi connectivity index (χ3n) is 4.79. The second-order valence-electron chi connectivity index (χ2n) is 6.68. The first-order valence-corrected chi connectivity index (χ1v) is 10.4. The van der Waals surface area contributed by atoms with Crippen LogP contribution >= 0.6 is 11.8 Å². The van der Waals surface area contributed by atoms with Crippen LogP contribution < -0.4 is 0 Å². The zero-order valence-corrected chi connectivity index (χ0v) is 16.6. The largest absolute Gasteiger partial charge is 0.385 e. The summed E-state index contributed by atoms with van der Waals surface area (Å²) in [5.74, 6) is 0.681. The summed E-state index contributed by atoms with van der Waals surface area (Å²) < 4.78 is 7.08. The molecule has 1 atom stereocenters. The van der Waals surface area contributed by atoms with Gasteiger partial charge in [-0.2, -0.15) is 5.10 Å². The molecule has 5 nitrogen and oxygen atoms in total. The number of benzene rings is 2. The number of aromatic nitrogens is 2. The smallest absolute Gasteiger partial charge is 0.233 e. The van der Waals surface area contributed by atoms with E-state index in [1.165, 1.54) is 0 Å². The second-order valence-corrected chi connectivity index (χ2v) is 7.74. The van der Waals surface area contributed by atoms with E-state index in [2.05, 4.69) is 18.3 Å². The topological polar surface area (TPSA) is 47.4 Å². The summed E-state index contributed by atoms with van der Waals surface area (Å²) in [4.78, 5) is 14.5. The molecule has 0 spiro atoms. The fourth-order valence-corrected chi connectivity index (χ4v) is 4.66. The van der Waals surface area contributed by atoms with Gasteiger partial charge >= 0.3 is 0 Å². The lowest BCUT2D eigenvalue weighted by Crippen LogP contribution is -2.30. The molecule has 1 fully saturated rings. The first kappa shape index (κ1) is 18.8. The van der Waals surface area contributed by atoms with Crippen molar-refractivity contribution >= 4 is 17.7 Å². The summed E-state index contributed by atoms with van der Waals surface area (Å²) in [6, 6.07) is 20.2. The Bertz CT molecular complexity index is 927. The number of hydrogen-bond donors (Lipinski definition) is 0. The van der Waals surface area contributed by atoms with Gasteiger partial charge in [0.2, 0.25) is 5.91 Å². The van der Waals surface area contributed by atoms with E-state index in [9.17, 15) is 4.79 Å². The highest BCUT2D eigenvalue weighted by Gasteiger charge is 2.35. The monoisotopic (exact) mass is 393 g/mol. The average Bonchev–Trinajstić information content (AvgIpc) is 3.34. The number of para-hydroxylation sites is 1. The lowest BCUT2D eigenvalue weighted by Gasteiger charge is -2.23. The number of methoxy groups -OCH3 is 1. The van der Waals surface area contributed by atoms with Gasteiger partial charge in [0.15, 0.2) is 0 Å². The second kappa shape index (κ2) is 8.63. The van der Waals surface area contributed by atoms with Crippen LogP contribution in [-0.4, -0.2) is 46.6 Å². The Morgan fingerprint density at radius 2 is 1.82 bits per heavy atom. The predicted octanol–water partition coefficient (Wildman–Crippen LogP) is 4.15. The highest BCUT2D eigenvalue weighted by atomic mass is 32.2. The van der Waals surface area contributed by atoms with E-state index in [1.807, 2.05) is 58.1 Å². The van der Waals surface area contributed by atoms with Crippen LogP contribution in [0.5, 0.6) is 0 Å². The van der Waals surface area contributed by atoms with Gasteiger partial charge in [-0.05, 0) is 18.6 Å². The Kier molecular flexibility index (Phi) is 5.78. The van der Waals surface area contributed by atoms with Crippen molar-refractivity contribution in [2.24, 2.45) is 0 Å². The molecular weight excluding hydrogens is 370 g/mol. The third-order valence-corrected chi connectivity index (χ3v) is 6.03. The summed E-state index contributed by atoms with van der Waals surface area (Å²) in [6.45, 7) is 1.34. The first-order valence-electron chi connectivity index (χ1n) is 9.38. The number of thioether (sulfide) groups is 1. The molecule has 0 N–H and O–H groups in total. The number of hydrogen-bond acceptors (Lipinski definition) is 4. The van der Waals surface area contributed by atoms with Crippen LogP contribution in [0.15, 0.2) is 66.9 Å². The van der Waals surface area contributed by atoms with Crippen molar-refractivity contribution in [1.82, 2.24) is 14.7 Å². The van der Waals surface area contributed by atoms with Crippen molar-refractivity contribution in [3.63, 3.8) is 0 Å². The van der Waals surface area contributed by atoms with Gasteiger partial charge in [0, 0.05) is 37.6 Å². The number of amides is 1. The summed E-state index contributed by atoms with van der Waals surface area (Å²) in [5, 5.41) is 4.86. The Hall–Kier alpha value is -2.57. The molecule has 0 radical (unpaired) electrons. The quantitative estimate of drug-likeness (QED) is 0.566. The first-order chi connectivity index (χ1) is 13.8. The number of ether oxygens (including phenoxy) is 1. The molecule has 2 heterocycles. The van der Waals surface area contributed by atoms with Crippen LogP contribution in [-0.2, 0) is 9.53 Å². The number of rotatable bonds is 7. The molecule has 1 unspecified atom stereocenters. The van der Waals surface area contributed by atoms with Crippen molar-refractivity contribution in [2.75, 3.05) is 26.0 Å². The van der Waals surface area contributed by atoms with Crippen LogP contribution in [0, 0.1) is 0 Å². The molecule has 0 bridgehead atoms. The summed E-state index contributed by atoms with van der Waals surface area (Å²) in [6.07, 6.45) is 2.89. The molecule has 1 saturated heterocycles. The van der Waals surface area contributed by atoms with Gasteiger partial charge in [-0.15, -0.1) is 11.8 Å². The number of nitrogens with zero attached hydrogens (tertiary/aromatic N) is 3. The average molecular weight is 394 g/mol. The van der Waals surface area contributed by atoms with E-state index >= 15 is 0 Å². The van der Waals surface area contributed by atoms with Gasteiger partial charge in [-0.25, -0.2) is 4.68 Å². The van der Waals surface area contributed by atoms with Crippen molar-refractivity contribution in [1.29, 1.82) is 0 Å². The van der Waals surface area contributed by atoms with E-state index < -0.39 is 0 Å². The van der Waals surface area contributed by atoms with Crippen LogP contribution in [0.3, 0.4) is 0 Å². The molecule has 1 aromatic heterocycles. The van der Waals surface area contributed by atoms with E-state index in [0.29, 0.717) is 18.9 Å². The van der Waals surface area contributed by atoms with E-state index in [4.69, 9.17) is 9.84 Å². The molecule has 1 aliphatic heterocycles. The van der Waals surface area contributed by atoms with Crippen LogP contribution in [0.4, 0.5) is 0 Å². The minimum Gasteiger partial charge on any atom is -0.385 e. The molecule has 1 aliphatic rings. The molecule has 3 aromatic rings. The summed E-state index contributed by atoms with van der Waals surface area (Å²) in [7, 11) is 1.69. The van der Waals surface area contributed by atoms with Gasteiger partial charge in [-0.3, -0.25) is 4.79 Å². The molecule has 144 valence electrons. The lowest BCUT2D eigenvalue weighted by molar-refractivity contribution is -0.128. The minimum atomic E-state index is -0.0305. The Morgan fingerprint density at radius 1 is 1.11 bits per heavy atom. The van der Waals surface area contributed by atoms with Crippen molar-refractivity contribution < 1.29 is 9.53 Å². The van der Waals surface area contributed by atoms with Crippen LogP contribution in [0.1, 0.15) is 17.4 Å². The third kappa shape index (κ3) is 3.84. The van der Waals surface area contributed by atoms with Gasteiger partial charge in [0.25, 0.3) is 0 Å². The fraction of sp³-hybridized carbons (Fsp3) is 0.273. The van der Waals surface area contributed by atoms with Gasteiger partial charge in [-0.1, -0.05) is 48.5 Å². The number of carbonyl (C=O) groups is 1. The van der Waals surface area contributed by atoms with E-state index in [0.717, 1.165) is 28.9 Å². The van der Waals surface area contributed by atoms with Crippen LogP contribution in [0.2, 0.25) is 0 Å².